The molecule has 3 rings (SSSR count). The van der Waals surface area contributed by atoms with Gasteiger partial charge in [0.05, 0.1) is 0 Å². The van der Waals surface area contributed by atoms with Crippen molar-refractivity contribution in [2.75, 3.05) is 0 Å². The van der Waals surface area contributed by atoms with E-state index in [2.05, 4.69) is 10.5 Å². The van der Waals surface area contributed by atoms with Gasteiger partial charge in [0.1, 0.15) is 5.92 Å². The number of carbonyl (C=O) groups excluding carboxylic acids is 1. The Labute approximate surface area is 148 Å². The summed E-state index contributed by atoms with van der Waals surface area (Å²) < 4.78 is 5.30. The predicted molar refractivity (Wildman–Crippen MR) is 92.1 cm³/mol. The summed E-state index contributed by atoms with van der Waals surface area (Å²) in [6.45, 7) is 1.71. The molecule has 1 aliphatic carbocycles. The molecule has 1 aromatic heterocycles. The van der Waals surface area contributed by atoms with Crippen LogP contribution in [0.4, 0.5) is 0 Å². The lowest BCUT2D eigenvalue weighted by Gasteiger charge is -2.30. The number of alkyl halides is 1. The molecule has 0 aliphatic heterocycles. The molecule has 0 radical (unpaired) electrons. The number of rotatable bonds is 4. The van der Waals surface area contributed by atoms with Crippen LogP contribution in [0.2, 0.25) is 0 Å². The molecule has 25 heavy (non-hydrogen) atoms. The van der Waals surface area contributed by atoms with Crippen LogP contribution in [0.1, 0.15) is 16.1 Å². The number of nitrogens with one attached hydrogen (secondary N) is 1. The summed E-state index contributed by atoms with van der Waals surface area (Å²) in [6.07, 6.45) is 6.00. The Morgan fingerprint density at radius 1 is 1.28 bits per heavy atom. The van der Waals surface area contributed by atoms with E-state index in [0.717, 1.165) is 5.56 Å². The summed E-state index contributed by atoms with van der Waals surface area (Å²) >= 11 is 6.35. The number of halogens is 1. The van der Waals surface area contributed by atoms with Gasteiger partial charge in [0, 0.05) is 11.1 Å². The molecule has 0 spiro atoms. The molecule has 0 fully saturated rings. The molecular weight excluding hydrogens is 344 g/mol. The lowest BCUT2D eigenvalue weighted by atomic mass is 9.94. The van der Waals surface area contributed by atoms with Gasteiger partial charge in [0.25, 0.3) is 5.91 Å². The minimum Gasteiger partial charge on any atom is -0.481 e. The Morgan fingerprint density at radius 3 is 2.68 bits per heavy atom. The highest BCUT2D eigenvalue weighted by Gasteiger charge is 2.41. The van der Waals surface area contributed by atoms with Crippen molar-refractivity contribution in [1.82, 2.24) is 10.5 Å². The molecule has 2 aromatic rings. The van der Waals surface area contributed by atoms with Gasteiger partial charge in [-0.2, -0.15) is 0 Å². The molecule has 1 amide bonds. The second-order valence-electron chi connectivity index (χ2n) is 5.63. The summed E-state index contributed by atoms with van der Waals surface area (Å²) in [6, 6.07) is 9.25. The van der Waals surface area contributed by atoms with E-state index < -0.39 is 22.8 Å². The Morgan fingerprint density at radius 2 is 2.00 bits per heavy atom. The van der Waals surface area contributed by atoms with Crippen molar-refractivity contribution >= 4 is 23.5 Å². The van der Waals surface area contributed by atoms with Crippen LogP contribution < -0.4 is 5.32 Å². The molecule has 2 atom stereocenters. The van der Waals surface area contributed by atoms with Crippen LogP contribution in [0.25, 0.3) is 11.3 Å². The highest BCUT2D eigenvalue weighted by Crippen LogP contribution is 2.31. The molecule has 6 nitrogen and oxygen atoms in total. The normalized spacial score (nSPS) is 21.9. The van der Waals surface area contributed by atoms with Gasteiger partial charge in [-0.3, -0.25) is 9.59 Å². The average molecular weight is 359 g/mol. The van der Waals surface area contributed by atoms with Crippen LogP contribution in [0.5, 0.6) is 0 Å². The van der Waals surface area contributed by atoms with Crippen LogP contribution in [0, 0.1) is 12.8 Å². The predicted octanol–water partition coefficient (Wildman–Crippen LogP) is 3.14. The van der Waals surface area contributed by atoms with Crippen molar-refractivity contribution < 1.29 is 19.2 Å². The van der Waals surface area contributed by atoms with E-state index in [9.17, 15) is 14.7 Å². The van der Waals surface area contributed by atoms with E-state index in [-0.39, 0.29) is 5.69 Å². The zero-order valence-corrected chi connectivity index (χ0v) is 14.0. The molecule has 128 valence electrons. The number of hydrogen-bond donors (Lipinski definition) is 2. The van der Waals surface area contributed by atoms with Gasteiger partial charge in [-0.05, 0) is 13.0 Å². The van der Waals surface area contributed by atoms with Crippen molar-refractivity contribution in [3.8, 4) is 11.3 Å². The minimum atomic E-state index is -1.57. The molecule has 0 saturated heterocycles. The highest BCUT2D eigenvalue weighted by molar-refractivity contribution is 6.28. The monoisotopic (exact) mass is 358 g/mol. The molecule has 0 bridgehead atoms. The molecule has 1 aliphatic rings. The molecule has 2 N–H and O–H groups in total. The third-order valence-corrected chi connectivity index (χ3v) is 4.41. The minimum absolute atomic E-state index is 0.0611. The zero-order valence-electron chi connectivity index (χ0n) is 13.3. The summed E-state index contributed by atoms with van der Waals surface area (Å²) in [5.74, 6) is -2.37. The summed E-state index contributed by atoms with van der Waals surface area (Å²) in [5.41, 5.74) is 1.40. The van der Waals surface area contributed by atoms with Gasteiger partial charge in [-0.1, -0.05) is 65.3 Å². The SMILES string of the molecule is Cc1c(C(=O)NC2(Cl)C=CC=CC2C(=O)O)noc1-c1ccccc1. The van der Waals surface area contributed by atoms with Gasteiger partial charge in [0.15, 0.2) is 16.5 Å². The van der Waals surface area contributed by atoms with E-state index in [1.807, 2.05) is 30.3 Å². The van der Waals surface area contributed by atoms with Crippen molar-refractivity contribution in [2.45, 2.75) is 11.9 Å². The van der Waals surface area contributed by atoms with E-state index in [0.29, 0.717) is 11.3 Å². The Balaban J connectivity index is 1.87. The van der Waals surface area contributed by atoms with Gasteiger partial charge in [-0.15, -0.1) is 0 Å². The summed E-state index contributed by atoms with van der Waals surface area (Å²) in [5, 5.41) is 15.7. The number of allylic oxidation sites excluding steroid dienone is 2. The first kappa shape index (κ1) is 17.0. The molecule has 1 aromatic carbocycles. The molecular formula is C18H15ClN2O4. The standard InChI is InChI=1S/C18H15ClN2O4/c1-11-14(21-25-15(11)12-7-3-2-4-8-12)16(22)20-18(19)10-6-5-9-13(18)17(23)24/h2-10,13H,1H3,(H,20,22)(H,23,24). The number of aromatic nitrogens is 1. The van der Waals surface area contributed by atoms with Crippen LogP contribution in [-0.2, 0) is 4.79 Å². The van der Waals surface area contributed by atoms with Crippen LogP contribution >= 0.6 is 11.6 Å². The average Bonchev–Trinajstić information content (AvgIpc) is 2.97. The maximum Gasteiger partial charge on any atom is 0.314 e. The molecule has 1 heterocycles. The fraction of sp³-hybridized carbons (Fsp3) is 0.167. The Kier molecular flexibility index (Phi) is 4.46. The first-order valence-corrected chi connectivity index (χ1v) is 7.92. The maximum atomic E-state index is 12.6. The summed E-state index contributed by atoms with van der Waals surface area (Å²) in [4.78, 5) is 22.4. The number of carboxylic acids is 1. The topological polar surface area (TPSA) is 92.4 Å². The largest absolute Gasteiger partial charge is 0.481 e. The van der Waals surface area contributed by atoms with Crippen LogP contribution in [-0.4, -0.2) is 27.1 Å². The molecule has 7 heteroatoms. The Bertz CT molecular complexity index is 872. The molecule has 0 saturated carbocycles. The summed E-state index contributed by atoms with van der Waals surface area (Å²) in [7, 11) is 0. The van der Waals surface area contributed by atoms with Gasteiger partial charge in [0.2, 0.25) is 0 Å². The van der Waals surface area contributed by atoms with Crippen LogP contribution in [0.15, 0.2) is 59.2 Å². The quantitative estimate of drug-likeness (QED) is 0.647. The van der Waals surface area contributed by atoms with E-state index in [1.54, 1.807) is 19.1 Å². The number of carbonyl (C=O) groups is 2. The van der Waals surface area contributed by atoms with Crippen molar-refractivity contribution in [3.05, 3.63) is 65.9 Å². The third kappa shape index (κ3) is 3.21. The van der Waals surface area contributed by atoms with Gasteiger partial charge in [-0.25, -0.2) is 0 Å². The first-order valence-electron chi connectivity index (χ1n) is 7.54. The van der Waals surface area contributed by atoms with Crippen molar-refractivity contribution in [2.24, 2.45) is 5.92 Å². The van der Waals surface area contributed by atoms with E-state index in [1.165, 1.54) is 12.2 Å². The van der Waals surface area contributed by atoms with E-state index >= 15 is 0 Å². The zero-order chi connectivity index (χ0) is 18.0. The third-order valence-electron chi connectivity index (χ3n) is 3.95. The number of nitrogens with zero attached hydrogens (tertiary/aromatic N) is 1. The second-order valence-corrected chi connectivity index (χ2v) is 6.26. The Hall–Kier alpha value is -2.86. The second kappa shape index (κ2) is 6.57. The smallest absolute Gasteiger partial charge is 0.314 e. The highest BCUT2D eigenvalue weighted by atomic mass is 35.5. The van der Waals surface area contributed by atoms with Gasteiger partial charge < -0.3 is 14.9 Å². The lowest BCUT2D eigenvalue weighted by molar-refractivity contribution is -0.140. The number of carboxylic acid groups (broad SMARTS) is 1. The maximum absolute atomic E-state index is 12.6. The number of amides is 1. The fourth-order valence-corrected chi connectivity index (χ4v) is 2.96. The van der Waals surface area contributed by atoms with Crippen LogP contribution in [0.3, 0.4) is 0 Å². The fourth-order valence-electron chi connectivity index (χ4n) is 2.64. The van der Waals surface area contributed by atoms with Crippen molar-refractivity contribution in [3.63, 3.8) is 0 Å². The first-order chi connectivity index (χ1) is 11.9. The number of aliphatic carboxylic acids is 1. The van der Waals surface area contributed by atoms with E-state index in [4.69, 9.17) is 16.1 Å². The molecule has 2 unspecified atom stereocenters. The van der Waals surface area contributed by atoms with Gasteiger partial charge >= 0.3 is 5.97 Å². The number of benzene rings is 1. The van der Waals surface area contributed by atoms with Crippen molar-refractivity contribution in [1.29, 1.82) is 0 Å². The number of hydrogen-bond acceptors (Lipinski definition) is 4. The lowest BCUT2D eigenvalue weighted by Crippen LogP contribution is -2.51.